The molecular formula is C11H13N3O3. The number of rotatable bonds is 4. The molecule has 1 saturated carbocycles. The van der Waals surface area contributed by atoms with E-state index < -0.39 is 5.97 Å². The SMILES string of the molecule is O=C(NCc1ccc(C(=O)O)nc1)NC1CC1. The number of pyridine rings is 1. The van der Waals surface area contributed by atoms with E-state index in [9.17, 15) is 9.59 Å². The Morgan fingerprint density at radius 1 is 1.41 bits per heavy atom. The van der Waals surface area contributed by atoms with E-state index in [0.717, 1.165) is 18.4 Å². The number of aromatic nitrogens is 1. The second kappa shape index (κ2) is 4.82. The van der Waals surface area contributed by atoms with Gasteiger partial charge in [-0.1, -0.05) is 6.07 Å². The number of amides is 2. The lowest BCUT2D eigenvalue weighted by atomic mass is 10.2. The molecule has 2 rings (SSSR count). The Morgan fingerprint density at radius 2 is 2.18 bits per heavy atom. The zero-order chi connectivity index (χ0) is 12.3. The largest absolute Gasteiger partial charge is 0.477 e. The van der Waals surface area contributed by atoms with Gasteiger partial charge in [-0.2, -0.15) is 0 Å². The number of nitrogens with one attached hydrogen (secondary N) is 2. The summed E-state index contributed by atoms with van der Waals surface area (Å²) in [7, 11) is 0. The van der Waals surface area contributed by atoms with Crippen molar-refractivity contribution < 1.29 is 14.7 Å². The van der Waals surface area contributed by atoms with Crippen LogP contribution in [0.2, 0.25) is 0 Å². The number of hydrogen-bond acceptors (Lipinski definition) is 3. The molecule has 1 fully saturated rings. The van der Waals surface area contributed by atoms with Gasteiger partial charge in [-0.25, -0.2) is 14.6 Å². The molecular weight excluding hydrogens is 222 g/mol. The van der Waals surface area contributed by atoms with Crippen molar-refractivity contribution in [2.45, 2.75) is 25.4 Å². The van der Waals surface area contributed by atoms with Gasteiger partial charge in [0, 0.05) is 18.8 Å². The van der Waals surface area contributed by atoms with Crippen LogP contribution >= 0.6 is 0 Å². The Hall–Kier alpha value is -2.11. The molecule has 17 heavy (non-hydrogen) atoms. The number of urea groups is 1. The molecule has 0 spiro atoms. The molecule has 0 aromatic carbocycles. The van der Waals surface area contributed by atoms with Gasteiger partial charge in [-0.15, -0.1) is 0 Å². The van der Waals surface area contributed by atoms with Gasteiger partial charge in [0.1, 0.15) is 5.69 Å². The zero-order valence-electron chi connectivity index (χ0n) is 9.14. The molecule has 6 nitrogen and oxygen atoms in total. The predicted molar refractivity (Wildman–Crippen MR) is 59.6 cm³/mol. The van der Waals surface area contributed by atoms with Crippen LogP contribution in [0.1, 0.15) is 28.9 Å². The normalized spacial score (nSPS) is 14.1. The van der Waals surface area contributed by atoms with Crippen LogP contribution in [-0.4, -0.2) is 28.1 Å². The molecule has 1 aromatic rings. The zero-order valence-corrected chi connectivity index (χ0v) is 9.14. The van der Waals surface area contributed by atoms with Gasteiger partial charge in [0.15, 0.2) is 0 Å². The molecule has 0 radical (unpaired) electrons. The first-order valence-corrected chi connectivity index (χ1v) is 5.38. The highest BCUT2D eigenvalue weighted by Gasteiger charge is 2.22. The minimum Gasteiger partial charge on any atom is -0.477 e. The topological polar surface area (TPSA) is 91.3 Å². The molecule has 1 heterocycles. The second-order valence-corrected chi connectivity index (χ2v) is 3.96. The summed E-state index contributed by atoms with van der Waals surface area (Å²) in [6.45, 7) is 0.339. The summed E-state index contributed by atoms with van der Waals surface area (Å²) in [5.41, 5.74) is 0.761. The van der Waals surface area contributed by atoms with Crippen LogP contribution in [0.5, 0.6) is 0 Å². The second-order valence-electron chi connectivity index (χ2n) is 3.96. The molecule has 1 aliphatic carbocycles. The van der Waals surface area contributed by atoms with Crippen molar-refractivity contribution in [2.75, 3.05) is 0 Å². The maximum absolute atomic E-state index is 11.3. The third kappa shape index (κ3) is 3.44. The van der Waals surface area contributed by atoms with Gasteiger partial charge < -0.3 is 15.7 Å². The summed E-state index contributed by atoms with van der Waals surface area (Å²) in [4.78, 5) is 25.6. The number of carbonyl (C=O) groups is 2. The Morgan fingerprint density at radius 3 is 2.71 bits per heavy atom. The van der Waals surface area contributed by atoms with E-state index in [1.165, 1.54) is 12.3 Å². The van der Waals surface area contributed by atoms with E-state index in [2.05, 4.69) is 15.6 Å². The van der Waals surface area contributed by atoms with Crippen LogP contribution in [0.3, 0.4) is 0 Å². The fourth-order valence-corrected chi connectivity index (χ4v) is 1.30. The van der Waals surface area contributed by atoms with Crippen LogP contribution in [0.4, 0.5) is 4.79 Å². The van der Waals surface area contributed by atoms with Crippen molar-refractivity contribution in [1.82, 2.24) is 15.6 Å². The fourth-order valence-electron chi connectivity index (χ4n) is 1.30. The molecule has 90 valence electrons. The number of carboxylic acid groups (broad SMARTS) is 1. The van der Waals surface area contributed by atoms with Gasteiger partial charge in [-0.05, 0) is 24.5 Å². The molecule has 3 N–H and O–H groups in total. The molecule has 0 saturated heterocycles. The number of aromatic carboxylic acids is 1. The minimum atomic E-state index is -1.06. The van der Waals surface area contributed by atoms with Gasteiger partial charge in [0.05, 0.1) is 0 Å². The first-order valence-electron chi connectivity index (χ1n) is 5.38. The molecule has 6 heteroatoms. The molecule has 2 amide bonds. The Labute approximate surface area is 98.1 Å². The van der Waals surface area contributed by atoms with Gasteiger partial charge >= 0.3 is 12.0 Å². The summed E-state index contributed by atoms with van der Waals surface area (Å²) < 4.78 is 0. The van der Waals surface area contributed by atoms with Crippen molar-refractivity contribution >= 4 is 12.0 Å². The lowest BCUT2D eigenvalue weighted by Crippen LogP contribution is -2.36. The summed E-state index contributed by atoms with van der Waals surface area (Å²) in [6.07, 6.45) is 3.53. The molecule has 0 unspecified atom stereocenters. The third-order valence-electron chi connectivity index (χ3n) is 2.41. The summed E-state index contributed by atoms with van der Waals surface area (Å²) in [5, 5.41) is 14.1. The van der Waals surface area contributed by atoms with Crippen molar-refractivity contribution in [3.63, 3.8) is 0 Å². The number of carbonyl (C=O) groups excluding carboxylic acids is 1. The molecule has 0 aliphatic heterocycles. The lowest BCUT2D eigenvalue weighted by Gasteiger charge is -2.06. The molecule has 1 aliphatic rings. The monoisotopic (exact) mass is 235 g/mol. The van der Waals surface area contributed by atoms with E-state index in [-0.39, 0.29) is 11.7 Å². The van der Waals surface area contributed by atoms with Crippen molar-refractivity contribution in [3.05, 3.63) is 29.6 Å². The van der Waals surface area contributed by atoms with Crippen molar-refractivity contribution in [1.29, 1.82) is 0 Å². The number of nitrogens with zero attached hydrogens (tertiary/aromatic N) is 1. The predicted octanol–water partition coefficient (Wildman–Crippen LogP) is 0.741. The quantitative estimate of drug-likeness (QED) is 0.717. The number of hydrogen-bond donors (Lipinski definition) is 3. The average Bonchev–Trinajstić information content (AvgIpc) is 3.11. The summed E-state index contributed by atoms with van der Waals surface area (Å²) in [5.74, 6) is -1.06. The van der Waals surface area contributed by atoms with E-state index >= 15 is 0 Å². The van der Waals surface area contributed by atoms with E-state index in [1.54, 1.807) is 6.07 Å². The Bertz CT molecular complexity index is 426. The third-order valence-corrected chi connectivity index (χ3v) is 2.41. The highest BCUT2D eigenvalue weighted by atomic mass is 16.4. The number of carboxylic acids is 1. The van der Waals surface area contributed by atoms with E-state index in [0.29, 0.717) is 12.6 Å². The standard InChI is InChI=1S/C11H13N3O3/c15-10(16)9-4-1-7(5-12-9)6-13-11(17)14-8-2-3-8/h1,4-5,8H,2-3,6H2,(H,15,16)(H2,13,14,17). The van der Waals surface area contributed by atoms with Crippen molar-refractivity contribution in [2.24, 2.45) is 0 Å². The van der Waals surface area contributed by atoms with Crippen LogP contribution in [0.15, 0.2) is 18.3 Å². The van der Waals surface area contributed by atoms with Gasteiger partial charge in [0.25, 0.3) is 0 Å². The van der Waals surface area contributed by atoms with E-state index in [1.807, 2.05) is 0 Å². The van der Waals surface area contributed by atoms with Crippen LogP contribution in [0.25, 0.3) is 0 Å². The minimum absolute atomic E-state index is 0.00354. The smallest absolute Gasteiger partial charge is 0.354 e. The highest BCUT2D eigenvalue weighted by molar-refractivity contribution is 5.85. The molecule has 1 aromatic heterocycles. The average molecular weight is 235 g/mol. The van der Waals surface area contributed by atoms with Crippen molar-refractivity contribution in [3.8, 4) is 0 Å². The molecule has 0 atom stereocenters. The summed E-state index contributed by atoms with van der Waals surface area (Å²) in [6, 6.07) is 3.17. The first-order chi connectivity index (χ1) is 8.15. The van der Waals surface area contributed by atoms with E-state index in [4.69, 9.17) is 5.11 Å². The lowest BCUT2D eigenvalue weighted by molar-refractivity contribution is 0.0690. The highest BCUT2D eigenvalue weighted by Crippen LogP contribution is 2.18. The maximum atomic E-state index is 11.3. The van der Waals surface area contributed by atoms with Crippen LogP contribution in [-0.2, 0) is 6.54 Å². The van der Waals surface area contributed by atoms with Crippen LogP contribution < -0.4 is 10.6 Å². The first kappa shape index (κ1) is 11.4. The van der Waals surface area contributed by atoms with Gasteiger partial charge in [-0.3, -0.25) is 0 Å². The van der Waals surface area contributed by atoms with Gasteiger partial charge in [0.2, 0.25) is 0 Å². The Kier molecular flexibility index (Phi) is 3.22. The van der Waals surface area contributed by atoms with Crippen LogP contribution in [0, 0.1) is 0 Å². The molecule has 0 bridgehead atoms. The summed E-state index contributed by atoms with van der Waals surface area (Å²) >= 11 is 0. The maximum Gasteiger partial charge on any atom is 0.354 e. The fraction of sp³-hybridized carbons (Fsp3) is 0.364. The Balaban J connectivity index is 1.81.